The van der Waals surface area contributed by atoms with Crippen LogP contribution in [0.25, 0.3) is 28.2 Å². The highest BCUT2D eigenvalue weighted by Gasteiger charge is 2.24. The van der Waals surface area contributed by atoms with Gasteiger partial charge in [0, 0.05) is 18.3 Å². The number of fused-ring (bicyclic) bond motifs is 1. The number of benzene rings is 1. The monoisotopic (exact) mass is 399 g/mol. The van der Waals surface area contributed by atoms with E-state index in [1.807, 2.05) is 41.8 Å². The van der Waals surface area contributed by atoms with Crippen LogP contribution in [-0.4, -0.2) is 50.6 Å². The molecule has 8 heteroatoms. The summed E-state index contributed by atoms with van der Waals surface area (Å²) in [5, 5.41) is 21.4. The van der Waals surface area contributed by atoms with Crippen LogP contribution < -0.4 is 4.90 Å². The molecule has 0 bridgehead atoms. The number of anilines is 1. The molecule has 1 aliphatic rings. The van der Waals surface area contributed by atoms with E-state index in [9.17, 15) is 5.26 Å². The van der Waals surface area contributed by atoms with E-state index >= 15 is 0 Å². The fourth-order valence-corrected chi connectivity index (χ4v) is 3.99. The minimum Gasteiger partial charge on any atom is -0.377 e. The molecule has 1 saturated heterocycles. The second-order valence-corrected chi connectivity index (χ2v) is 7.48. The Morgan fingerprint density at radius 1 is 1.27 bits per heavy atom. The zero-order chi connectivity index (χ0) is 20.7. The number of nitrogens with zero attached hydrogens (tertiary/aromatic N) is 6. The minimum atomic E-state index is 0.210. The van der Waals surface area contributed by atoms with Gasteiger partial charge >= 0.3 is 0 Å². The van der Waals surface area contributed by atoms with E-state index in [1.54, 1.807) is 6.20 Å². The first kappa shape index (κ1) is 18.3. The maximum absolute atomic E-state index is 9.39. The second-order valence-electron chi connectivity index (χ2n) is 7.48. The maximum atomic E-state index is 9.39. The first-order valence-corrected chi connectivity index (χ1v) is 9.91. The smallest absolute Gasteiger partial charge is 0.179 e. The summed E-state index contributed by atoms with van der Waals surface area (Å²) in [6.45, 7) is 6.21. The van der Waals surface area contributed by atoms with Gasteiger partial charge in [-0.25, -0.2) is 9.50 Å². The van der Waals surface area contributed by atoms with E-state index < -0.39 is 0 Å². The summed E-state index contributed by atoms with van der Waals surface area (Å²) in [6, 6.07) is 14.1. The van der Waals surface area contributed by atoms with Crippen molar-refractivity contribution in [2.45, 2.75) is 19.9 Å². The topological polar surface area (TPSA) is 95.1 Å². The molecule has 1 fully saturated rings. The van der Waals surface area contributed by atoms with Crippen molar-refractivity contribution in [3.8, 4) is 28.7 Å². The van der Waals surface area contributed by atoms with Crippen molar-refractivity contribution >= 4 is 11.3 Å². The molecule has 4 aromatic rings. The van der Waals surface area contributed by atoms with Crippen molar-refractivity contribution in [1.82, 2.24) is 24.8 Å². The van der Waals surface area contributed by atoms with Gasteiger partial charge in [-0.3, -0.25) is 5.10 Å². The van der Waals surface area contributed by atoms with Gasteiger partial charge in [0.05, 0.1) is 42.1 Å². The highest BCUT2D eigenvalue weighted by molar-refractivity contribution is 5.85. The van der Waals surface area contributed by atoms with Gasteiger partial charge in [0.25, 0.3) is 0 Å². The molecule has 8 nitrogen and oxygen atoms in total. The molecule has 0 radical (unpaired) electrons. The number of morpholine rings is 1. The lowest BCUT2D eigenvalue weighted by Crippen LogP contribution is -2.44. The highest BCUT2D eigenvalue weighted by atomic mass is 16.5. The summed E-state index contributed by atoms with van der Waals surface area (Å²) in [7, 11) is 0. The van der Waals surface area contributed by atoms with Crippen molar-refractivity contribution in [2.75, 3.05) is 24.7 Å². The van der Waals surface area contributed by atoms with Crippen LogP contribution in [0.3, 0.4) is 0 Å². The van der Waals surface area contributed by atoms with Crippen LogP contribution in [0.1, 0.15) is 18.2 Å². The lowest BCUT2D eigenvalue weighted by Gasteiger charge is -2.34. The molecule has 150 valence electrons. The summed E-state index contributed by atoms with van der Waals surface area (Å²) in [6.07, 6.45) is 1.71. The Kier molecular flexibility index (Phi) is 4.45. The first-order valence-electron chi connectivity index (χ1n) is 9.91. The molecule has 0 spiro atoms. The van der Waals surface area contributed by atoms with Gasteiger partial charge in [0.1, 0.15) is 5.69 Å². The molecule has 1 aromatic carbocycles. The number of H-pyrrole nitrogens is 1. The van der Waals surface area contributed by atoms with Gasteiger partial charge in [-0.2, -0.15) is 10.4 Å². The third-order valence-corrected chi connectivity index (χ3v) is 5.47. The molecule has 4 heterocycles. The van der Waals surface area contributed by atoms with E-state index in [-0.39, 0.29) is 6.04 Å². The SMILES string of the molecule is Cc1nc(-c2ccn[nH]2)n2nc(N3CCOCC3C)cc(-c3cccc(C#N)c3)c12. The number of ether oxygens (including phenoxy) is 1. The number of aryl methyl sites for hydroxylation is 1. The number of nitriles is 1. The zero-order valence-electron chi connectivity index (χ0n) is 16.8. The fourth-order valence-electron chi connectivity index (χ4n) is 3.99. The Morgan fingerprint density at radius 3 is 2.93 bits per heavy atom. The van der Waals surface area contributed by atoms with Crippen LogP contribution in [0.15, 0.2) is 42.6 Å². The van der Waals surface area contributed by atoms with Gasteiger partial charge in [-0.15, -0.1) is 5.10 Å². The predicted octanol–water partition coefficient (Wildman–Crippen LogP) is 3.19. The number of rotatable bonds is 3. The average molecular weight is 399 g/mol. The second kappa shape index (κ2) is 7.28. The molecule has 1 atom stereocenters. The average Bonchev–Trinajstić information content (AvgIpc) is 3.42. The van der Waals surface area contributed by atoms with E-state index in [4.69, 9.17) is 14.8 Å². The molecule has 0 saturated carbocycles. The van der Waals surface area contributed by atoms with Crippen LogP contribution in [0.2, 0.25) is 0 Å². The Labute approximate surface area is 173 Å². The Morgan fingerprint density at radius 2 is 2.17 bits per heavy atom. The fraction of sp³-hybridized carbons (Fsp3) is 0.273. The number of hydrogen-bond donors (Lipinski definition) is 1. The lowest BCUT2D eigenvalue weighted by molar-refractivity contribution is 0.0984. The van der Waals surface area contributed by atoms with E-state index in [0.29, 0.717) is 24.6 Å². The van der Waals surface area contributed by atoms with Crippen LogP contribution in [0.4, 0.5) is 5.82 Å². The minimum absolute atomic E-state index is 0.210. The number of hydrogen-bond acceptors (Lipinski definition) is 6. The van der Waals surface area contributed by atoms with Gasteiger partial charge in [-0.05, 0) is 43.7 Å². The summed E-state index contributed by atoms with van der Waals surface area (Å²) in [5.41, 5.74) is 5.16. The van der Waals surface area contributed by atoms with Crippen LogP contribution in [0.5, 0.6) is 0 Å². The molecule has 5 rings (SSSR count). The summed E-state index contributed by atoms with van der Waals surface area (Å²) < 4.78 is 7.50. The zero-order valence-corrected chi connectivity index (χ0v) is 16.8. The highest BCUT2D eigenvalue weighted by Crippen LogP contribution is 2.33. The third kappa shape index (κ3) is 3.00. The lowest BCUT2D eigenvalue weighted by atomic mass is 10.0. The van der Waals surface area contributed by atoms with E-state index in [2.05, 4.69) is 34.2 Å². The molecule has 0 amide bonds. The standard InChI is InChI=1S/C22H21N7O/c1-14-13-30-9-8-28(14)20-11-18(17-5-3-4-16(10-17)12-23)21-15(2)25-22(29(21)27-20)19-6-7-24-26-19/h3-7,10-11,14H,8-9,13H2,1-2H3,(H,24,26). The molecule has 3 aromatic heterocycles. The number of nitrogens with one attached hydrogen (secondary N) is 1. The first-order chi connectivity index (χ1) is 14.7. The van der Waals surface area contributed by atoms with Crippen LogP contribution in [0, 0.1) is 18.3 Å². The Bertz CT molecular complexity index is 1250. The van der Waals surface area contributed by atoms with Crippen molar-refractivity contribution in [2.24, 2.45) is 0 Å². The van der Waals surface area contributed by atoms with Crippen LogP contribution >= 0.6 is 0 Å². The number of aromatic nitrogens is 5. The van der Waals surface area contributed by atoms with E-state index in [1.165, 1.54) is 0 Å². The quantitative estimate of drug-likeness (QED) is 0.568. The van der Waals surface area contributed by atoms with Gasteiger partial charge in [0.15, 0.2) is 11.6 Å². The molecule has 1 unspecified atom stereocenters. The van der Waals surface area contributed by atoms with Crippen molar-refractivity contribution in [3.05, 3.63) is 53.9 Å². The maximum Gasteiger partial charge on any atom is 0.179 e. The summed E-state index contributed by atoms with van der Waals surface area (Å²) in [4.78, 5) is 7.04. The Balaban J connectivity index is 1.80. The normalized spacial score (nSPS) is 16.7. The van der Waals surface area contributed by atoms with Crippen molar-refractivity contribution in [1.29, 1.82) is 5.26 Å². The number of aromatic amines is 1. The van der Waals surface area contributed by atoms with E-state index in [0.717, 1.165) is 40.4 Å². The van der Waals surface area contributed by atoms with Crippen molar-refractivity contribution < 1.29 is 4.74 Å². The Hall–Kier alpha value is -3.70. The molecule has 1 N–H and O–H groups in total. The van der Waals surface area contributed by atoms with Crippen molar-refractivity contribution in [3.63, 3.8) is 0 Å². The molecule has 1 aliphatic heterocycles. The summed E-state index contributed by atoms with van der Waals surface area (Å²) in [5.74, 6) is 1.56. The van der Waals surface area contributed by atoms with Gasteiger partial charge in [0.2, 0.25) is 0 Å². The molecular weight excluding hydrogens is 378 g/mol. The number of imidazole rings is 1. The predicted molar refractivity (Wildman–Crippen MR) is 113 cm³/mol. The molecular formula is C22H21N7O. The van der Waals surface area contributed by atoms with Gasteiger partial charge in [-0.1, -0.05) is 12.1 Å². The third-order valence-electron chi connectivity index (χ3n) is 5.47. The van der Waals surface area contributed by atoms with Crippen LogP contribution in [-0.2, 0) is 4.74 Å². The summed E-state index contributed by atoms with van der Waals surface area (Å²) >= 11 is 0. The molecule has 0 aliphatic carbocycles. The largest absolute Gasteiger partial charge is 0.377 e. The van der Waals surface area contributed by atoms with Gasteiger partial charge < -0.3 is 9.64 Å². The molecule has 30 heavy (non-hydrogen) atoms.